The van der Waals surface area contributed by atoms with Crippen LogP contribution in [0.1, 0.15) is 25.7 Å². The van der Waals surface area contributed by atoms with Crippen molar-refractivity contribution in [1.29, 1.82) is 0 Å². The minimum atomic E-state index is -0.277. The van der Waals surface area contributed by atoms with Gasteiger partial charge in [-0.2, -0.15) is 0 Å². The molecule has 5 nitrogen and oxygen atoms in total. The number of nitrogens with zero attached hydrogens (tertiary/aromatic N) is 1. The van der Waals surface area contributed by atoms with Crippen molar-refractivity contribution in [3.63, 3.8) is 0 Å². The number of carbonyl (C=O) groups is 1. The third-order valence-corrected chi connectivity index (χ3v) is 3.35. The van der Waals surface area contributed by atoms with Gasteiger partial charge in [-0.3, -0.25) is 9.69 Å². The Morgan fingerprint density at radius 1 is 1.12 bits per heavy atom. The van der Waals surface area contributed by atoms with E-state index in [1.807, 2.05) is 0 Å². The van der Waals surface area contributed by atoms with Crippen LogP contribution in [0.25, 0.3) is 0 Å². The SMILES string of the molecule is NC(=O)CN(CC1CCCO1)CC1CCCO1. The highest BCUT2D eigenvalue weighted by atomic mass is 16.5. The van der Waals surface area contributed by atoms with E-state index in [9.17, 15) is 4.79 Å². The summed E-state index contributed by atoms with van der Waals surface area (Å²) in [6.07, 6.45) is 4.93. The smallest absolute Gasteiger partial charge is 0.231 e. The van der Waals surface area contributed by atoms with E-state index >= 15 is 0 Å². The summed E-state index contributed by atoms with van der Waals surface area (Å²) in [4.78, 5) is 13.1. The number of amides is 1. The Kier molecular flexibility index (Phi) is 4.76. The second-order valence-electron chi connectivity index (χ2n) is 4.93. The number of rotatable bonds is 6. The topological polar surface area (TPSA) is 64.8 Å². The van der Waals surface area contributed by atoms with Gasteiger partial charge in [-0.1, -0.05) is 0 Å². The van der Waals surface area contributed by atoms with Gasteiger partial charge < -0.3 is 15.2 Å². The molecule has 98 valence electrons. The number of ether oxygens (including phenoxy) is 2. The largest absolute Gasteiger partial charge is 0.377 e. The number of hydrogen-bond acceptors (Lipinski definition) is 4. The van der Waals surface area contributed by atoms with Gasteiger partial charge in [-0.15, -0.1) is 0 Å². The molecule has 2 aliphatic rings. The molecule has 2 rings (SSSR count). The first kappa shape index (κ1) is 12.8. The number of primary amides is 1. The molecule has 0 saturated carbocycles. The van der Waals surface area contributed by atoms with E-state index in [1.165, 1.54) is 0 Å². The first-order chi connectivity index (χ1) is 8.24. The third kappa shape index (κ3) is 4.26. The molecule has 2 saturated heterocycles. The molecule has 5 heteroatoms. The van der Waals surface area contributed by atoms with Crippen LogP contribution in [0.4, 0.5) is 0 Å². The maximum atomic E-state index is 11.1. The summed E-state index contributed by atoms with van der Waals surface area (Å²) < 4.78 is 11.2. The molecule has 0 bridgehead atoms. The lowest BCUT2D eigenvalue weighted by atomic mass is 10.2. The van der Waals surface area contributed by atoms with Gasteiger partial charge in [0.25, 0.3) is 0 Å². The maximum Gasteiger partial charge on any atom is 0.231 e. The van der Waals surface area contributed by atoms with Crippen molar-refractivity contribution in [2.45, 2.75) is 37.9 Å². The lowest BCUT2D eigenvalue weighted by Crippen LogP contribution is -2.42. The highest BCUT2D eigenvalue weighted by molar-refractivity contribution is 5.75. The van der Waals surface area contributed by atoms with Crippen LogP contribution in [0, 0.1) is 0 Å². The summed E-state index contributed by atoms with van der Waals surface area (Å²) in [6.45, 7) is 3.58. The predicted molar refractivity (Wildman–Crippen MR) is 63.6 cm³/mol. The first-order valence-electron chi connectivity index (χ1n) is 6.48. The summed E-state index contributed by atoms with van der Waals surface area (Å²) in [6, 6.07) is 0. The van der Waals surface area contributed by atoms with E-state index < -0.39 is 0 Å². The molecule has 0 aromatic heterocycles. The van der Waals surface area contributed by atoms with Crippen molar-refractivity contribution in [2.24, 2.45) is 5.73 Å². The van der Waals surface area contributed by atoms with Gasteiger partial charge in [-0.25, -0.2) is 0 Å². The third-order valence-electron chi connectivity index (χ3n) is 3.35. The molecule has 0 spiro atoms. The Hall–Kier alpha value is -0.650. The monoisotopic (exact) mass is 242 g/mol. The van der Waals surface area contributed by atoms with Crippen LogP contribution in [-0.2, 0) is 14.3 Å². The van der Waals surface area contributed by atoms with Crippen molar-refractivity contribution in [3.8, 4) is 0 Å². The van der Waals surface area contributed by atoms with Crippen LogP contribution in [0.5, 0.6) is 0 Å². The minimum absolute atomic E-state index is 0.260. The van der Waals surface area contributed by atoms with Crippen LogP contribution < -0.4 is 5.73 Å². The van der Waals surface area contributed by atoms with Gasteiger partial charge in [0.15, 0.2) is 0 Å². The number of hydrogen-bond donors (Lipinski definition) is 1. The van der Waals surface area contributed by atoms with Crippen molar-refractivity contribution in [2.75, 3.05) is 32.8 Å². The molecule has 2 heterocycles. The summed E-state index contributed by atoms with van der Waals surface area (Å²) in [5.41, 5.74) is 5.28. The van der Waals surface area contributed by atoms with Gasteiger partial charge in [0.2, 0.25) is 5.91 Å². The fourth-order valence-electron chi connectivity index (χ4n) is 2.58. The van der Waals surface area contributed by atoms with E-state index in [0.29, 0.717) is 6.54 Å². The Morgan fingerprint density at radius 3 is 2.00 bits per heavy atom. The lowest BCUT2D eigenvalue weighted by Gasteiger charge is -2.26. The molecule has 1 amide bonds. The summed E-state index contributed by atoms with van der Waals surface area (Å²) in [5, 5.41) is 0. The molecule has 0 aliphatic carbocycles. The zero-order chi connectivity index (χ0) is 12.1. The Labute approximate surface area is 102 Å². The Balaban J connectivity index is 1.80. The van der Waals surface area contributed by atoms with Gasteiger partial charge in [0.1, 0.15) is 0 Å². The zero-order valence-electron chi connectivity index (χ0n) is 10.3. The van der Waals surface area contributed by atoms with E-state index in [0.717, 1.165) is 52.0 Å². The van der Waals surface area contributed by atoms with E-state index in [4.69, 9.17) is 15.2 Å². The molecule has 2 N–H and O–H groups in total. The minimum Gasteiger partial charge on any atom is -0.377 e. The molecule has 2 unspecified atom stereocenters. The highest BCUT2D eigenvalue weighted by Gasteiger charge is 2.24. The molecule has 0 aromatic rings. The van der Waals surface area contributed by atoms with Crippen LogP contribution >= 0.6 is 0 Å². The van der Waals surface area contributed by atoms with Crippen molar-refractivity contribution >= 4 is 5.91 Å². The summed E-state index contributed by atoms with van der Waals surface area (Å²) >= 11 is 0. The summed E-state index contributed by atoms with van der Waals surface area (Å²) in [7, 11) is 0. The Morgan fingerprint density at radius 2 is 1.65 bits per heavy atom. The standard InChI is InChI=1S/C12H22N2O3/c13-12(15)9-14(7-10-3-1-5-16-10)8-11-4-2-6-17-11/h10-11H,1-9H2,(H2,13,15). The molecular formula is C12H22N2O3. The molecule has 2 aliphatic heterocycles. The molecule has 0 radical (unpaired) electrons. The fourth-order valence-corrected chi connectivity index (χ4v) is 2.58. The van der Waals surface area contributed by atoms with E-state index in [-0.39, 0.29) is 18.1 Å². The van der Waals surface area contributed by atoms with Gasteiger partial charge >= 0.3 is 0 Å². The van der Waals surface area contributed by atoms with E-state index in [2.05, 4.69) is 4.90 Å². The van der Waals surface area contributed by atoms with Crippen molar-refractivity contribution in [3.05, 3.63) is 0 Å². The zero-order valence-corrected chi connectivity index (χ0v) is 10.3. The molecule has 2 atom stereocenters. The van der Waals surface area contributed by atoms with Crippen LogP contribution in [0.2, 0.25) is 0 Å². The van der Waals surface area contributed by atoms with Gasteiger partial charge in [0.05, 0.1) is 18.8 Å². The highest BCUT2D eigenvalue weighted by Crippen LogP contribution is 2.16. The van der Waals surface area contributed by atoms with Crippen molar-refractivity contribution < 1.29 is 14.3 Å². The summed E-state index contributed by atoms with van der Waals surface area (Å²) in [5.74, 6) is -0.277. The molecule has 0 aromatic carbocycles. The predicted octanol–water partition coefficient (Wildman–Crippen LogP) is 0.132. The van der Waals surface area contributed by atoms with Crippen LogP contribution in [-0.4, -0.2) is 55.9 Å². The Bertz CT molecular complexity index is 230. The fraction of sp³-hybridized carbons (Fsp3) is 0.917. The molecule has 17 heavy (non-hydrogen) atoms. The van der Waals surface area contributed by atoms with E-state index in [1.54, 1.807) is 0 Å². The average Bonchev–Trinajstić information content (AvgIpc) is 2.89. The van der Waals surface area contributed by atoms with Crippen LogP contribution in [0.15, 0.2) is 0 Å². The second-order valence-corrected chi connectivity index (χ2v) is 4.93. The van der Waals surface area contributed by atoms with Gasteiger partial charge in [0, 0.05) is 26.3 Å². The number of carbonyl (C=O) groups excluding carboxylic acids is 1. The second kappa shape index (κ2) is 6.33. The normalized spacial score (nSPS) is 29.0. The lowest BCUT2D eigenvalue weighted by molar-refractivity contribution is -0.119. The quantitative estimate of drug-likeness (QED) is 0.719. The average molecular weight is 242 g/mol. The number of nitrogens with two attached hydrogens (primary N) is 1. The first-order valence-corrected chi connectivity index (χ1v) is 6.48. The van der Waals surface area contributed by atoms with Crippen molar-refractivity contribution in [1.82, 2.24) is 4.90 Å². The molecule has 2 fully saturated rings. The van der Waals surface area contributed by atoms with Crippen LogP contribution in [0.3, 0.4) is 0 Å². The maximum absolute atomic E-state index is 11.1. The molecular weight excluding hydrogens is 220 g/mol. The van der Waals surface area contributed by atoms with Gasteiger partial charge in [-0.05, 0) is 25.7 Å².